The zero-order valence-electron chi connectivity index (χ0n) is 12.9. The van der Waals surface area contributed by atoms with Gasteiger partial charge in [-0.1, -0.05) is 32.1 Å². The topological polar surface area (TPSA) is 75.6 Å². The van der Waals surface area contributed by atoms with Gasteiger partial charge in [-0.3, -0.25) is 4.79 Å². The third-order valence-corrected chi connectivity index (χ3v) is 4.21. The minimum Gasteiger partial charge on any atom is -0.508 e. The van der Waals surface area contributed by atoms with Crippen LogP contribution in [0, 0.1) is 5.92 Å². The van der Waals surface area contributed by atoms with Crippen LogP contribution in [0.3, 0.4) is 0 Å². The number of rotatable bonds is 5. The summed E-state index contributed by atoms with van der Waals surface area (Å²) in [5, 5.41) is 12.0. The van der Waals surface area contributed by atoms with Gasteiger partial charge < -0.3 is 15.2 Å². The Labute approximate surface area is 130 Å². The summed E-state index contributed by atoms with van der Waals surface area (Å²) < 4.78 is 4.82. The first-order chi connectivity index (χ1) is 10.6. The summed E-state index contributed by atoms with van der Waals surface area (Å²) in [6, 6.07) is 5.33. The van der Waals surface area contributed by atoms with Crippen LogP contribution < -0.4 is 5.32 Å². The van der Waals surface area contributed by atoms with E-state index in [1.54, 1.807) is 0 Å². The van der Waals surface area contributed by atoms with E-state index in [1.807, 2.05) is 0 Å². The van der Waals surface area contributed by atoms with Crippen molar-refractivity contribution in [3.63, 3.8) is 0 Å². The van der Waals surface area contributed by atoms with Gasteiger partial charge in [0.2, 0.25) is 0 Å². The minimum atomic E-state index is -0.616. The smallest absolute Gasteiger partial charge is 0.328 e. The molecule has 1 atom stereocenters. The number of phenols is 1. The molecule has 1 fully saturated rings. The van der Waals surface area contributed by atoms with Gasteiger partial charge in [-0.25, -0.2) is 4.79 Å². The summed E-state index contributed by atoms with van der Waals surface area (Å²) in [6.07, 6.45) is 6.44. The van der Waals surface area contributed by atoms with Crippen molar-refractivity contribution in [1.29, 1.82) is 0 Å². The van der Waals surface area contributed by atoms with E-state index in [0.717, 1.165) is 12.8 Å². The monoisotopic (exact) mass is 305 g/mol. The molecule has 0 radical (unpaired) electrons. The molecule has 1 aromatic carbocycles. The molecule has 1 aliphatic rings. The molecule has 5 heteroatoms. The summed E-state index contributed by atoms with van der Waals surface area (Å²) in [5.41, 5.74) is 0.412. The molecule has 1 aromatic rings. The van der Waals surface area contributed by atoms with Crippen molar-refractivity contribution in [2.45, 2.75) is 44.6 Å². The third-order valence-electron chi connectivity index (χ3n) is 4.21. The molecule has 0 saturated heterocycles. The molecule has 1 amide bonds. The van der Waals surface area contributed by atoms with Crippen molar-refractivity contribution >= 4 is 11.9 Å². The van der Waals surface area contributed by atoms with E-state index in [4.69, 9.17) is 4.74 Å². The Morgan fingerprint density at radius 2 is 1.86 bits per heavy atom. The number of benzene rings is 1. The minimum absolute atomic E-state index is 0.100. The molecule has 22 heavy (non-hydrogen) atoms. The van der Waals surface area contributed by atoms with Gasteiger partial charge in [0.15, 0.2) is 0 Å². The predicted molar refractivity (Wildman–Crippen MR) is 82.6 cm³/mol. The number of esters is 1. The maximum Gasteiger partial charge on any atom is 0.328 e. The van der Waals surface area contributed by atoms with E-state index >= 15 is 0 Å². The van der Waals surface area contributed by atoms with E-state index < -0.39 is 12.0 Å². The van der Waals surface area contributed by atoms with Gasteiger partial charge in [-0.15, -0.1) is 0 Å². The van der Waals surface area contributed by atoms with Crippen molar-refractivity contribution in [1.82, 2.24) is 5.32 Å². The van der Waals surface area contributed by atoms with Gasteiger partial charge >= 0.3 is 5.97 Å². The molecule has 120 valence electrons. The maximum absolute atomic E-state index is 12.2. The maximum atomic E-state index is 12.2. The standard InChI is InChI=1S/C17H23NO4/c1-22-17(21)15(11-12-5-3-2-4-6-12)18-16(20)13-7-9-14(19)10-8-13/h7-10,12,15,19H,2-6,11H2,1H3,(H,18,20)/t15-/m0/s1. The van der Waals surface area contributed by atoms with Crippen molar-refractivity contribution in [2.24, 2.45) is 5.92 Å². The van der Waals surface area contributed by atoms with Gasteiger partial charge in [0.25, 0.3) is 5.91 Å². The van der Waals surface area contributed by atoms with Crippen LogP contribution in [0.1, 0.15) is 48.9 Å². The highest BCUT2D eigenvalue weighted by molar-refractivity contribution is 5.96. The summed E-state index contributed by atoms with van der Waals surface area (Å²) in [7, 11) is 1.34. The van der Waals surface area contributed by atoms with Gasteiger partial charge in [0, 0.05) is 5.56 Å². The number of hydrogen-bond acceptors (Lipinski definition) is 4. The lowest BCUT2D eigenvalue weighted by atomic mass is 9.85. The fraction of sp³-hybridized carbons (Fsp3) is 0.529. The molecule has 1 aliphatic carbocycles. The second-order valence-corrected chi connectivity index (χ2v) is 5.84. The number of methoxy groups -OCH3 is 1. The number of hydrogen-bond donors (Lipinski definition) is 2. The lowest BCUT2D eigenvalue weighted by Gasteiger charge is -2.25. The molecular weight excluding hydrogens is 282 g/mol. The molecule has 0 aromatic heterocycles. The SMILES string of the molecule is COC(=O)[C@H](CC1CCCCC1)NC(=O)c1ccc(O)cc1. The van der Waals surface area contributed by atoms with E-state index in [2.05, 4.69) is 5.32 Å². The zero-order valence-corrected chi connectivity index (χ0v) is 12.9. The number of ether oxygens (including phenoxy) is 1. The van der Waals surface area contributed by atoms with Crippen LogP contribution >= 0.6 is 0 Å². The Morgan fingerprint density at radius 3 is 2.45 bits per heavy atom. The zero-order chi connectivity index (χ0) is 15.9. The van der Waals surface area contributed by atoms with E-state index in [9.17, 15) is 14.7 Å². The van der Waals surface area contributed by atoms with Crippen LogP contribution in [0.5, 0.6) is 5.75 Å². The Morgan fingerprint density at radius 1 is 1.23 bits per heavy atom. The van der Waals surface area contributed by atoms with Crippen LogP contribution in [0.25, 0.3) is 0 Å². The van der Waals surface area contributed by atoms with Crippen molar-refractivity contribution in [3.8, 4) is 5.75 Å². The Kier molecular flexibility index (Phi) is 5.81. The normalized spacial score (nSPS) is 16.8. The van der Waals surface area contributed by atoms with Crippen molar-refractivity contribution in [2.75, 3.05) is 7.11 Å². The van der Waals surface area contributed by atoms with Crippen molar-refractivity contribution < 1.29 is 19.4 Å². The third kappa shape index (κ3) is 4.48. The van der Waals surface area contributed by atoms with Crippen LogP contribution in [-0.2, 0) is 9.53 Å². The fourth-order valence-electron chi connectivity index (χ4n) is 2.97. The number of amides is 1. The largest absolute Gasteiger partial charge is 0.508 e. The number of nitrogens with one attached hydrogen (secondary N) is 1. The quantitative estimate of drug-likeness (QED) is 0.820. The summed E-state index contributed by atoms with van der Waals surface area (Å²) in [5.74, 6) is -0.176. The van der Waals surface area contributed by atoms with Gasteiger partial charge in [0.05, 0.1) is 7.11 Å². The van der Waals surface area contributed by atoms with Gasteiger partial charge in [-0.2, -0.15) is 0 Å². The highest BCUT2D eigenvalue weighted by atomic mass is 16.5. The van der Waals surface area contributed by atoms with E-state index in [1.165, 1.54) is 50.6 Å². The molecule has 0 unspecified atom stereocenters. The van der Waals surface area contributed by atoms with Crippen LogP contribution in [0.2, 0.25) is 0 Å². The van der Waals surface area contributed by atoms with Crippen LogP contribution in [-0.4, -0.2) is 30.1 Å². The first-order valence-corrected chi connectivity index (χ1v) is 7.78. The second kappa shape index (κ2) is 7.82. The lowest BCUT2D eigenvalue weighted by molar-refractivity contribution is -0.143. The van der Waals surface area contributed by atoms with Crippen molar-refractivity contribution in [3.05, 3.63) is 29.8 Å². The molecule has 1 saturated carbocycles. The Balaban J connectivity index is 2.00. The molecule has 0 heterocycles. The lowest BCUT2D eigenvalue weighted by Crippen LogP contribution is -2.43. The molecule has 2 N–H and O–H groups in total. The summed E-state index contributed by atoms with van der Waals surface area (Å²) in [6.45, 7) is 0. The highest BCUT2D eigenvalue weighted by Gasteiger charge is 2.26. The molecule has 5 nitrogen and oxygen atoms in total. The average molecular weight is 305 g/mol. The Hall–Kier alpha value is -2.04. The van der Waals surface area contributed by atoms with Gasteiger partial charge in [0.1, 0.15) is 11.8 Å². The first kappa shape index (κ1) is 16.3. The van der Waals surface area contributed by atoms with Gasteiger partial charge in [-0.05, 0) is 36.6 Å². The molecule has 2 rings (SSSR count). The molecular formula is C17H23NO4. The number of phenolic OH excluding ortho intramolecular Hbond substituents is 1. The van der Waals surface area contributed by atoms with Crippen LogP contribution in [0.15, 0.2) is 24.3 Å². The molecule has 0 spiro atoms. The van der Waals surface area contributed by atoms with E-state index in [0.29, 0.717) is 17.9 Å². The summed E-state index contributed by atoms with van der Waals surface area (Å²) in [4.78, 5) is 24.2. The highest BCUT2D eigenvalue weighted by Crippen LogP contribution is 2.27. The molecule has 0 bridgehead atoms. The predicted octanol–water partition coefficient (Wildman–Crippen LogP) is 2.63. The Bertz CT molecular complexity index is 506. The number of carbonyl (C=O) groups is 2. The summed E-state index contributed by atoms with van der Waals surface area (Å²) >= 11 is 0. The number of carbonyl (C=O) groups excluding carboxylic acids is 2. The molecule has 0 aliphatic heterocycles. The number of aromatic hydroxyl groups is 1. The second-order valence-electron chi connectivity index (χ2n) is 5.84. The first-order valence-electron chi connectivity index (χ1n) is 7.78. The average Bonchev–Trinajstić information content (AvgIpc) is 2.55. The fourth-order valence-corrected chi connectivity index (χ4v) is 2.97. The van der Waals surface area contributed by atoms with E-state index in [-0.39, 0.29) is 11.7 Å². The van der Waals surface area contributed by atoms with Crippen LogP contribution in [0.4, 0.5) is 0 Å².